The Balaban J connectivity index is 1.13. The Labute approximate surface area is 194 Å². The van der Waals surface area contributed by atoms with Gasteiger partial charge in [-0.25, -0.2) is 0 Å². The first kappa shape index (κ1) is 21.1. The summed E-state index contributed by atoms with van der Waals surface area (Å²) in [6.45, 7) is 1.06. The summed E-state index contributed by atoms with van der Waals surface area (Å²) in [4.78, 5) is 38.8. The molecule has 5 rings (SSSR count). The second kappa shape index (κ2) is 9.03. The Morgan fingerprint density at radius 2 is 1.91 bits per heavy atom. The molecule has 2 aliphatic rings. The third-order valence-electron chi connectivity index (χ3n) is 5.49. The van der Waals surface area contributed by atoms with Crippen molar-refractivity contribution >= 4 is 45.8 Å². The number of carbonyl (C=O) groups is 3. The van der Waals surface area contributed by atoms with Gasteiger partial charge in [0.25, 0.3) is 11.1 Å². The summed E-state index contributed by atoms with van der Waals surface area (Å²) in [5.41, 5.74) is 1.83. The van der Waals surface area contributed by atoms with Gasteiger partial charge in [-0.3, -0.25) is 19.3 Å². The molecule has 1 fully saturated rings. The van der Waals surface area contributed by atoms with E-state index in [1.54, 1.807) is 24.3 Å². The van der Waals surface area contributed by atoms with Gasteiger partial charge in [-0.05, 0) is 53.1 Å². The van der Waals surface area contributed by atoms with Gasteiger partial charge in [0, 0.05) is 37.8 Å². The lowest BCUT2D eigenvalue weighted by molar-refractivity contribution is -0.124. The van der Waals surface area contributed by atoms with Crippen LogP contribution in [0.3, 0.4) is 0 Å². The lowest BCUT2D eigenvalue weighted by Crippen LogP contribution is -2.37. The number of ether oxygens (including phenoxy) is 2. The van der Waals surface area contributed by atoms with Gasteiger partial charge in [0.1, 0.15) is 0 Å². The van der Waals surface area contributed by atoms with Gasteiger partial charge in [0.15, 0.2) is 11.5 Å². The van der Waals surface area contributed by atoms with Crippen molar-refractivity contribution in [3.8, 4) is 11.5 Å². The monoisotopic (exact) mass is 463 g/mol. The Kier molecular flexibility index (Phi) is 5.78. The lowest BCUT2D eigenvalue weighted by atomic mass is 10.2. The first-order valence-corrected chi connectivity index (χ1v) is 11.4. The van der Waals surface area contributed by atoms with E-state index in [9.17, 15) is 14.4 Å². The van der Waals surface area contributed by atoms with Gasteiger partial charge in [-0.2, -0.15) is 0 Å². The number of imide groups is 1. The number of benzene rings is 2. The first-order chi connectivity index (χ1) is 16.1. The summed E-state index contributed by atoms with van der Waals surface area (Å²) in [6.07, 6.45) is 3.93. The van der Waals surface area contributed by atoms with Crippen LogP contribution in [-0.2, 0) is 16.1 Å². The molecule has 3 amide bonds. The van der Waals surface area contributed by atoms with Gasteiger partial charge in [-0.1, -0.05) is 24.3 Å². The number of aromatic nitrogens is 1. The lowest BCUT2D eigenvalue weighted by Gasteiger charge is -2.13. The number of fused-ring (bicyclic) bond motifs is 2. The molecule has 2 aromatic carbocycles. The molecule has 0 spiro atoms. The first-order valence-electron chi connectivity index (χ1n) is 10.5. The number of hydrogen-bond acceptors (Lipinski definition) is 6. The average Bonchev–Trinajstić information content (AvgIpc) is 3.51. The van der Waals surface area contributed by atoms with E-state index in [-0.39, 0.29) is 36.9 Å². The van der Waals surface area contributed by atoms with Crippen molar-refractivity contribution in [1.29, 1.82) is 0 Å². The highest BCUT2D eigenvalue weighted by Gasteiger charge is 2.34. The molecule has 3 heterocycles. The zero-order valence-corrected chi connectivity index (χ0v) is 18.5. The van der Waals surface area contributed by atoms with Crippen molar-refractivity contribution in [2.45, 2.75) is 13.0 Å². The molecule has 1 saturated heterocycles. The van der Waals surface area contributed by atoms with Gasteiger partial charge in [0.05, 0.1) is 4.91 Å². The highest BCUT2D eigenvalue weighted by atomic mass is 32.2. The van der Waals surface area contributed by atoms with Crippen molar-refractivity contribution in [3.63, 3.8) is 0 Å². The van der Waals surface area contributed by atoms with Crippen molar-refractivity contribution in [2.24, 2.45) is 0 Å². The number of hydrogen-bond donors (Lipinski definition) is 1. The Morgan fingerprint density at radius 3 is 2.82 bits per heavy atom. The second-order valence-electron chi connectivity index (χ2n) is 7.61. The number of para-hydroxylation sites is 1. The minimum Gasteiger partial charge on any atom is -0.454 e. The molecule has 33 heavy (non-hydrogen) atoms. The second-order valence-corrected chi connectivity index (χ2v) is 8.61. The molecule has 168 valence electrons. The predicted molar refractivity (Wildman–Crippen MR) is 125 cm³/mol. The predicted octanol–water partition coefficient (Wildman–Crippen LogP) is 3.61. The van der Waals surface area contributed by atoms with Gasteiger partial charge >= 0.3 is 0 Å². The molecule has 0 radical (unpaired) electrons. The van der Waals surface area contributed by atoms with Crippen LogP contribution in [0.15, 0.2) is 59.6 Å². The highest BCUT2D eigenvalue weighted by molar-refractivity contribution is 8.18. The fourth-order valence-corrected chi connectivity index (χ4v) is 4.67. The Bertz CT molecular complexity index is 1280. The summed E-state index contributed by atoms with van der Waals surface area (Å²) >= 11 is 0.889. The van der Waals surface area contributed by atoms with Crippen molar-refractivity contribution in [2.75, 3.05) is 19.9 Å². The van der Waals surface area contributed by atoms with E-state index in [0.717, 1.165) is 33.1 Å². The molecule has 0 aliphatic carbocycles. The van der Waals surface area contributed by atoms with Gasteiger partial charge in [0.2, 0.25) is 12.7 Å². The summed E-state index contributed by atoms with van der Waals surface area (Å²) < 4.78 is 12.7. The molecule has 0 bridgehead atoms. The third kappa shape index (κ3) is 4.45. The van der Waals surface area contributed by atoms with Crippen LogP contribution < -0.4 is 14.8 Å². The molecule has 0 atom stereocenters. The molecule has 0 unspecified atom stereocenters. The number of carbonyl (C=O) groups excluding carboxylic acids is 3. The SMILES string of the molecule is O=C(CCn1ccc2ccccc21)NCCN1C(=O)S/C(=C\c2ccc3c(c2)OCO3)C1=O. The van der Waals surface area contributed by atoms with Crippen LogP contribution in [0.4, 0.5) is 4.79 Å². The van der Waals surface area contributed by atoms with Crippen molar-refractivity contribution < 1.29 is 23.9 Å². The molecule has 1 N–H and O–H groups in total. The number of aryl methyl sites for hydroxylation is 1. The number of amides is 3. The van der Waals surface area contributed by atoms with Gasteiger partial charge < -0.3 is 19.4 Å². The summed E-state index contributed by atoms with van der Waals surface area (Å²) in [5.74, 6) is 0.769. The van der Waals surface area contributed by atoms with E-state index in [4.69, 9.17) is 9.47 Å². The number of nitrogens with zero attached hydrogens (tertiary/aromatic N) is 2. The molecule has 3 aromatic rings. The highest BCUT2D eigenvalue weighted by Crippen LogP contribution is 2.36. The zero-order valence-electron chi connectivity index (χ0n) is 17.7. The van der Waals surface area contributed by atoms with E-state index < -0.39 is 0 Å². The number of nitrogens with one attached hydrogen (secondary N) is 1. The van der Waals surface area contributed by atoms with E-state index in [1.165, 1.54) is 0 Å². The molecule has 2 aliphatic heterocycles. The average molecular weight is 464 g/mol. The molecular weight excluding hydrogens is 442 g/mol. The van der Waals surface area contributed by atoms with Crippen LogP contribution in [-0.4, -0.2) is 46.4 Å². The van der Waals surface area contributed by atoms with E-state index >= 15 is 0 Å². The molecular formula is C24H21N3O5S. The fourth-order valence-electron chi connectivity index (χ4n) is 3.80. The fraction of sp³-hybridized carbons (Fsp3) is 0.208. The maximum atomic E-state index is 12.7. The van der Waals surface area contributed by atoms with Crippen LogP contribution in [0.1, 0.15) is 12.0 Å². The Hall–Kier alpha value is -3.72. The van der Waals surface area contributed by atoms with E-state index in [1.807, 2.05) is 41.1 Å². The minimum absolute atomic E-state index is 0.126. The molecule has 9 heteroatoms. The molecule has 0 saturated carbocycles. The standard InChI is InChI=1S/C24H21N3O5S/c28-22(8-11-26-10-7-17-3-1-2-4-18(17)26)25-9-12-27-23(29)21(33-24(27)30)14-16-5-6-19-20(13-16)32-15-31-19/h1-7,10,13-14H,8-9,11-12,15H2,(H,25,28)/b21-14-. The van der Waals surface area contributed by atoms with Crippen LogP contribution in [0.25, 0.3) is 17.0 Å². The van der Waals surface area contributed by atoms with Crippen molar-refractivity contribution in [1.82, 2.24) is 14.8 Å². The quantitative estimate of drug-likeness (QED) is 0.539. The maximum absolute atomic E-state index is 12.7. The minimum atomic E-state index is -0.365. The van der Waals surface area contributed by atoms with Crippen LogP contribution >= 0.6 is 11.8 Å². The van der Waals surface area contributed by atoms with E-state index in [2.05, 4.69) is 5.32 Å². The van der Waals surface area contributed by atoms with Gasteiger partial charge in [-0.15, -0.1) is 0 Å². The Morgan fingerprint density at radius 1 is 1.06 bits per heavy atom. The number of rotatable bonds is 7. The maximum Gasteiger partial charge on any atom is 0.293 e. The topological polar surface area (TPSA) is 89.9 Å². The summed E-state index contributed by atoms with van der Waals surface area (Å²) in [7, 11) is 0. The molecule has 1 aromatic heterocycles. The normalized spacial score (nSPS) is 16.2. The summed E-state index contributed by atoms with van der Waals surface area (Å²) in [5, 5.41) is 3.58. The third-order valence-corrected chi connectivity index (χ3v) is 6.39. The number of thioether (sulfide) groups is 1. The van der Waals surface area contributed by atoms with E-state index in [0.29, 0.717) is 29.4 Å². The summed E-state index contributed by atoms with van der Waals surface area (Å²) in [6, 6.07) is 15.4. The smallest absolute Gasteiger partial charge is 0.293 e. The molecule has 8 nitrogen and oxygen atoms in total. The van der Waals surface area contributed by atoms with Crippen LogP contribution in [0.5, 0.6) is 11.5 Å². The van der Waals surface area contributed by atoms with Crippen molar-refractivity contribution in [3.05, 3.63) is 65.2 Å². The van der Waals surface area contributed by atoms with Crippen LogP contribution in [0, 0.1) is 0 Å². The largest absolute Gasteiger partial charge is 0.454 e. The zero-order chi connectivity index (χ0) is 22.8. The van der Waals surface area contributed by atoms with Crippen LogP contribution in [0.2, 0.25) is 0 Å².